The van der Waals surface area contributed by atoms with Crippen molar-refractivity contribution >= 4 is 5.69 Å². The molecule has 1 saturated heterocycles. The van der Waals surface area contributed by atoms with Crippen LogP contribution in [0.25, 0.3) is 11.5 Å². The van der Waals surface area contributed by atoms with Gasteiger partial charge >= 0.3 is 5.76 Å². The standard InChI is InChI=1S/C17H23FN4O2/c1-9-8-19-5-4-13(9)11(3)20-15-7-12(6-14(18)10(15)2)16-21-22-17(23)24-16/h6-7,9,11,13,19-20H,4-5,8H2,1-3H3,(H,22,23)/t9-,11+,13+/m1/s1. The topological polar surface area (TPSA) is 83.0 Å². The number of rotatable bonds is 4. The number of anilines is 1. The summed E-state index contributed by atoms with van der Waals surface area (Å²) in [7, 11) is 0. The Bertz CT molecular complexity index is 770. The predicted octanol–water partition coefficient (Wildman–Crippen LogP) is 2.52. The Morgan fingerprint density at radius 1 is 1.46 bits per heavy atom. The molecule has 1 aliphatic rings. The van der Waals surface area contributed by atoms with Crippen LogP contribution in [0.5, 0.6) is 0 Å². The lowest BCUT2D eigenvalue weighted by atomic mass is 9.82. The van der Waals surface area contributed by atoms with Crippen molar-refractivity contribution in [1.82, 2.24) is 15.5 Å². The van der Waals surface area contributed by atoms with Crippen molar-refractivity contribution in [2.75, 3.05) is 18.4 Å². The molecule has 24 heavy (non-hydrogen) atoms. The van der Waals surface area contributed by atoms with Gasteiger partial charge in [-0.05, 0) is 57.3 Å². The van der Waals surface area contributed by atoms with Crippen LogP contribution in [0.3, 0.4) is 0 Å². The first-order valence-electron chi connectivity index (χ1n) is 8.29. The molecule has 1 aromatic heterocycles. The normalized spacial score (nSPS) is 22.3. The average Bonchev–Trinajstić information content (AvgIpc) is 2.98. The van der Waals surface area contributed by atoms with Gasteiger partial charge in [0, 0.05) is 22.9 Å². The van der Waals surface area contributed by atoms with Crippen molar-refractivity contribution in [1.29, 1.82) is 0 Å². The van der Waals surface area contributed by atoms with Crippen LogP contribution in [0.1, 0.15) is 25.8 Å². The minimum absolute atomic E-state index is 0.0878. The first-order valence-corrected chi connectivity index (χ1v) is 8.29. The largest absolute Gasteiger partial charge is 0.434 e. The fourth-order valence-corrected chi connectivity index (χ4v) is 3.44. The smallest absolute Gasteiger partial charge is 0.388 e. The van der Waals surface area contributed by atoms with Crippen molar-refractivity contribution in [2.45, 2.75) is 33.2 Å². The monoisotopic (exact) mass is 334 g/mol. The molecule has 1 aromatic carbocycles. The molecule has 0 unspecified atom stereocenters. The molecule has 0 saturated carbocycles. The number of nitrogens with one attached hydrogen (secondary N) is 3. The van der Waals surface area contributed by atoms with Crippen LogP contribution < -0.4 is 16.4 Å². The maximum atomic E-state index is 14.3. The summed E-state index contributed by atoms with van der Waals surface area (Å²) in [5.74, 6) is 0.146. The summed E-state index contributed by atoms with van der Waals surface area (Å²) < 4.78 is 19.2. The van der Waals surface area contributed by atoms with E-state index in [-0.39, 0.29) is 17.7 Å². The van der Waals surface area contributed by atoms with Gasteiger partial charge in [-0.1, -0.05) is 6.92 Å². The first kappa shape index (κ1) is 16.7. The molecule has 0 radical (unpaired) electrons. The molecule has 1 fully saturated rings. The molecule has 0 bridgehead atoms. The van der Waals surface area contributed by atoms with E-state index < -0.39 is 5.76 Å². The van der Waals surface area contributed by atoms with Crippen molar-refractivity contribution in [3.05, 3.63) is 34.1 Å². The summed E-state index contributed by atoms with van der Waals surface area (Å²) in [6.07, 6.45) is 1.09. The summed E-state index contributed by atoms with van der Waals surface area (Å²) >= 11 is 0. The third-order valence-electron chi connectivity index (χ3n) is 4.91. The number of aromatic amines is 1. The zero-order chi connectivity index (χ0) is 17.3. The summed E-state index contributed by atoms with van der Waals surface area (Å²) in [5.41, 5.74) is 1.68. The Kier molecular flexibility index (Phi) is 4.71. The van der Waals surface area contributed by atoms with Gasteiger partial charge in [-0.2, -0.15) is 0 Å². The van der Waals surface area contributed by atoms with Crippen LogP contribution in [0.15, 0.2) is 21.3 Å². The van der Waals surface area contributed by atoms with Gasteiger partial charge in [0.1, 0.15) is 5.82 Å². The number of nitrogens with zero attached hydrogens (tertiary/aromatic N) is 1. The van der Waals surface area contributed by atoms with Crippen LogP contribution >= 0.6 is 0 Å². The number of halogens is 1. The van der Waals surface area contributed by atoms with Crippen LogP contribution in [-0.4, -0.2) is 29.3 Å². The van der Waals surface area contributed by atoms with E-state index >= 15 is 0 Å². The molecule has 2 aromatic rings. The average molecular weight is 334 g/mol. The zero-order valence-electron chi connectivity index (χ0n) is 14.1. The Balaban J connectivity index is 1.86. The van der Waals surface area contributed by atoms with E-state index in [4.69, 9.17) is 4.42 Å². The van der Waals surface area contributed by atoms with Gasteiger partial charge in [0.25, 0.3) is 0 Å². The van der Waals surface area contributed by atoms with Crippen LogP contribution in [0, 0.1) is 24.6 Å². The molecule has 1 aliphatic heterocycles. The molecule has 2 heterocycles. The Morgan fingerprint density at radius 2 is 2.25 bits per heavy atom. The maximum Gasteiger partial charge on any atom is 0.434 e. The molecule has 0 spiro atoms. The van der Waals surface area contributed by atoms with Gasteiger partial charge in [0.15, 0.2) is 0 Å². The van der Waals surface area contributed by atoms with E-state index in [1.54, 1.807) is 13.0 Å². The molecule has 3 rings (SSSR count). The third kappa shape index (κ3) is 3.36. The molecule has 0 aliphatic carbocycles. The maximum absolute atomic E-state index is 14.3. The highest BCUT2D eigenvalue weighted by atomic mass is 19.1. The third-order valence-corrected chi connectivity index (χ3v) is 4.91. The molecule has 0 amide bonds. The highest BCUT2D eigenvalue weighted by Crippen LogP contribution is 2.30. The number of H-pyrrole nitrogens is 1. The lowest BCUT2D eigenvalue weighted by molar-refractivity contribution is 0.250. The van der Waals surface area contributed by atoms with Gasteiger partial charge < -0.3 is 15.1 Å². The zero-order valence-corrected chi connectivity index (χ0v) is 14.1. The van der Waals surface area contributed by atoms with Crippen molar-refractivity contribution in [2.24, 2.45) is 11.8 Å². The van der Waals surface area contributed by atoms with Gasteiger partial charge in [-0.15, -0.1) is 5.10 Å². The molecule has 3 N–H and O–H groups in total. The molecular formula is C17H23FN4O2. The first-order chi connectivity index (χ1) is 11.5. The van der Waals surface area contributed by atoms with Gasteiger partial charge in [0.05, 0.1) is 0 Å². The quantitative estimate of drug-likeness (QED) is 0.800. The fraction of sp³-hybridized carbons (Fsp3) is 0.529. The lowest BCUT2D eigenvalue weighted by Crippen LogP contribution is -2.42. The number of hydrogen-bond acceptors (Lipinski definition) is 5. The number of aromatic nitrogens is 2. The van der Waals surface area contributed by atoms with Crippen LogP contribution in [0.4, 0.5) is 10.1 Å². The van der Waals surface area contributed by atoms with Crippen molar-refractivity contribution < 1.29 is 8.81 Å². The second-order valence-electron chi connectivity index (χ2n) is 6.62. The van der Waals surface area contributed by atoms with E-state index in [2.05, 4.69) is 34.7 Å². The van der Waals surface area contributed by atoms with Crippen LogP contribution in [-0.2, 0) is 0 Å². The predicted molar refractivity (Wildman–Crippen MR) is 90.5 cm³/mol. The van der Waals surface area contributed by atoms with Gasteiger partial charge in [-0.3, -0.25) is 0 Å². The molecular weight excluding hydrogens is 311 g/mol. The van der Waals surface area contributed by atoms with E-state index in [9.17, 15) is 9.18 Å². The van der Waals surface area contributed by atoms with Crippen molar-refractivity contribution in [3.8, 4) is 11.5 Å². The lowest BCUT2D eigenvalue weighted by Gasteiger charge is -2.35. The molecule has 6 nitrogen and oxygen atoms in total. The summed E-state index contributed by atoms with van der Waals surface area (Å²) in [6, 6.07) is 3.32. The Morgan fingerprint density at radius 3 is 2.92 bits per heavy atom. The number of hydrogen-bond donors (Lipinski definition) is 3. The SMILES string of the molecule is Cc1c(F)cc(-c2n[nH]c(=O)o2)cc1N[C@@H](C)[C@H]1CCNC[C@H]1C. The van der Waals surface area contributed by atoms with Gasteiger partial charge in [-0.25, -0.2) is 14.3 Å². The van der Waals surface area contributed by atoms with Crippen molar-refractivity contribution in [3.63, 3.8) is 0 Å². The summed E-state index contributed by atoms with van der Waals surface area (Å²) in [4.78, 5) is 11.1. The number of piperidine rings is 1. The van der Waals surface area contributed by atoms with E-state index in [0.717, 1.165) is 19.5 Å². The summed E-state index contributed by atoms with van der Waals surface area (Å²) in [6.45, 7) is 8.11. The highest BCUT2D eigenvalue weighted by Gasteiger charge is 2.27. The second-order valence-corrected chi connectivity index (χ2v) is 6.62. The number of benzene rings is 1. The minimum atomic E-state index is -0.655. The fourth-order valence-electron chi connectivity index (χ4n) is 3.44. The Hall–Kier alpha value is -2.15. The Labute approximate surface area is 139 Å². The van der Waals surface area contributed by atoms with Crippen LogP contribution in [0.2, 0.25) is 0 Å². The minimum Gasteiger partial charge on any atom is -0.388 e. The second kappa shape index (κ2) is 6.76. The van der Waals surface area contributed by atoms with E-state index in [0.29, 0.717) is 28.7 Å². The molecule has 7 heteroatoms. The highest BCUT2D eigenvalue weighted by molar-refractivity contribution is 5.65. The van der Waals surface area contributed by atoms with E-state index in [1.165, 1.54) is 6.07 Å². The molecule has 130 valence electrons. The van der Waals surface area contributed by atoms with E-state index in [1.807, 2.05) is 0 Å². The summed E-state index contributed by atoms with van der Waals surface area (Å²) in [5, 5.41) is 12.8. The molecule has 3 atom stereocenters. The van der Waals surface area contributed by atoms with Gasteiger partial charge in [0.2, 0.25) is 5.89 Å².